The van der Waals surface area contributed by atoms with Crippen molar-refractivity contribution in [2.45, 2.75) is 38.3 Å². The summed E-state index contributed by atoms with van der Waals surface area (Å²) in [6, 6.07) is 15.9. The molecule has 1 fully saturated rings. The second-order valence-corrected chi connectivity index (χ2v) is 9.33. The fraction of sp³-hybridized carbons (Fsp3) is 0.375. The van der Waals surface area contributed by atoms with E-state index in [1.807, 2.05) is 29.2 Å². The molecular weight excluding hydrogens is 410 g/mol. The van der Waals surface area contributed by atoms with E-state index in [0.29, 0.717) is 19.7 Å². The zero-order chi connectivity index (χ0) is 21.4. The maximum atomic E-state index is 12.8. The largest absolute Gasteiger partial charge is 0.369 e. The van der Waals surface area contributed by atoms with Gasteiger partial charge >= 0.3 is 0 Å². The first kappa shape index (κ1) is 20.2. The van der Waals surface area contributed by atoms with Crippen molar-refractivity contribution in [2.24, 2.45) is 0 Å². The summed E-state index contributed by atoms with van der Waals surface area (Å²) in [6.07, 6.45) is 2.48. The van der Waals surface area contributed by atoms with Crippen LogP contribution in [0.4, 0.5) is 0 Å². The molecule has 0 aliphatic carbocycles. The number of likely N-dealkylation sites (tertiary alicyclic amines) is 1. The second kappa shape index (κ2) is 8.05. The van der Waals surface area contributed by atoms with Crippen LogP contribution in [0, 0.1) is 6.92 Å². The maximum absolute atomic E-state index is 12.8. The van der Waals surface area contributed by atoms with Crippen molar-refractivity contribution in [2.75, 3.05) is 19.7 Å². The standard InChI is InChI=1S/C24H25N3O3S/c1-17-7-8-21(28)27(25-17)16-22(29)26-12-10-24(11-13-26)23-19(9-14-30-24)15-20(31-23)18-5-3-2-4-6-18/h2-8,15H,9-14,16H2,1H3. The van der Waals surface area contributed by atoms with Gasteiger partial charge in [-0.2, -0.15) is 5.10 Å². The molecule has 0 bridgehead atoms. The van der Waals surface area contributed by atoms with E-state index in [1.54, 1.807) is 6.07 Å². The van der Waals surface area contributed by atoms with Crippen LogP contribution in [0.3, 0.4) is 0 Å². The summed E-state index contributed by atoms with van der Waals surface area (Å²) in [5, 5.41) is 4.19. The number of fused-ring (bicyclic) bond motifs is 2. The molecule has 1 amide bonds. The van der Waals surface area contributed by atoms with E-state index in [1.165, 1.54) is 31.6 Å². The molecule has 2 aliphatic heterocycles. The van der Waals surface area contributed by atoms with Gasteiger partial charge in [-0.25, -0.2) is 4.68 Å². The van der Waals surface area contributed by atoms with Crippen LogP contribution < -0.4 is 5.56 Å². The summed E-state index contributed by atoms with van der Waals surface area (Å²) in [6.45, 7) is 3.76. The van der Waals surface area contributed by atoms with E-state index in [0.717, 1.165) is 25.0 Å². The molecular formula is C24H25N3O3S. The molecule has 0 unspecified atom stereocenters. The highest BCUT2D eigenvalue weighted by molar-refractivity contribution is 7.15. The Morgan fingerprint density at radius 1 is 1.16 bits per heavy atom. The lowest BCUT2D eigenvalue weighted by Crippen LogP contribution is -2.49. The number of carbonyl (C=O) groups excluding carboxylic acids is 1. The number of nitrogens with zero attached hydrogens (tertiary/aromatic N) is 3. The molecule has 4 heterocycles. The van der Waals surface area contributed by atoms with Crippen LogP contribution in [0.1, 0.15) is 29.0 Å². The average molecular weight is 436 g/mol. The Balaban J connectivity index is 1.32. The Labute approximate surface area is 185 Å². The van der Waals surface area contributed by atoms with Crippen LogP contribution >= 0.6 is 11.3 Å². The SMILES string of the molecule is Cc1ccc(=O)n(CC(=O)N2CCC3(CC2)OCCc2cc(-c4ccccc4)sc23)n1. The molecule has 0 saturated carbocycles. The van der Waals surface area contributed by atoms with Gasteiger partial charge in [0, 0.05) is 28.9 Å². The van der Waals surface area contributed by atoms with Crippen molar-refractivity contribution in [3.05, 3.63) is 75.0 Å². The van der Waals surface area contributed by atoms with Crippen molar-refractivity contribution >= 4 is 17.2 Å². The topological polar surface area (TPSA) is 64.4 Å². The summed E-state index contributed by atoms with van der Waals surface area (Å²) in [7, 11) is 0. The molecule has 2 aromatic heterocycles. The van der Waals surface area contributed by atoms with E-state index < -0.39 is 0 Å². The van der Waals surface area contributed by atoms with Crippen molar-refractivity contribution < 1.29 is 9.53 Å². The van der Waals surface area contributed by atoms with Crippen LogP contribution in [0.15, 0.2) is 53.3 Å². The molecule has 160 valence electrons. The lowest BCUT2D eigenvalue weighted by Gasteiger charge is -2.43. The van der Waals surface area contributed by atoms with Crippen LogP contribution in [0.25, 0.3) is 10.4 Å². The summed E-state index contributed by atoms with van der Waals surface area (Å²) >= 11 is 1.83. The summed E-state index contributed by atoms with van der Waals surface area (Å²) in [5.74, 6) is -0.0674. The lowest BCUT2D eigenvalue weighted by atomic mass is 9.85. The molecule has 6 nitrogen and oxygen atoms in total. The number of hydrogen-bond donors (Lipinski definition) is 0. The van der Waals surface area contributed by atoms with Crippen LogP contribution in [0.5, 0.6) is 0 Å². The highest BCUT2D eigenvalue weighted by Crippen LogP contribution is 2.47. The van der Waals surface area contributed by atoms with Gasteiger partial charge in [-0.15, -0.1) is 11.3 Å². The molecule has 7 heteroatoms. The Morgan fingerprint density at radius 2 is 1.94 bits per heavy atom. The molecule has 0 atom stereocenters. The minimum atomic E-state index is -0.305. The fourth-order valence-electron chi connectivity index (χ4n) is 4.55. The monoisotopic (exact) mass is 435 g/mol. The number of carbonyl (C=O) groups is 1. The number of amides is 1. The fourth-order valence-corrected chi connectivity index (χ4v) is 5.96. The van der Waals surface area contributed by atoms with Gasteiger partial charge in [0.2, 0.25) is 5.91 Å². The van der Waals surface area contributed by atoms with E-state index in [9.17, 15) is 9.59 Å². The highest BCUT2D eigenvalue weighted by Gasteiger charge is 2.43. The number of ether oxygens (including phenoxy) is 1. The second-order valence-electron chi connectivity index (χ2n) is 8.28. The van der Waals surface area contributed by atoms with Gasteiger partial charge in [0.05, 0.1) is 12.3 Å². The minimum Gasteiger partial charge on any atom is -0.369 e. The number of aromatic nitrogens is 2. The molecule has 31 heavy (non-hydrogen) atoms. The number of piperidine rings is 1. The summed E-state index contributed by atoms with van der Waals surface area (Å²) < 4.78 is 7.62. The third-order valence-corrected chi connectivity index (χ3v) is 7.65. The third kappa shape index (κ3) is 3.83. The van der Waals surface area contributed by atoms with E-state index in [4.69, 9.17) is 4.74 Å². The maximum Gasteiger partial charge on any atom is 0.267 e. The Bertz CT molecular complexity index is 1160. The zero-order valence-electron chi connectivity index (χ0n) is 17.5. The predicted molar refractivity (Wildman–Crippen MR) is 120 cm³/mol. The number of aryl methyl sites for hydroxylation is 1. The molecule has 1 aromatic carbocycles. The highest BCUT2D eigenvalue weighted by atomic mass is 32.1. The quantitative estimate of drug-likeness (QED) is 0.633. The van der Waals surface area contributed by atoms with E-state index in [2.05, 4.69) is 35.4 Å². The molecule has 5 rings (SSSR count). The summed E-state index contributed by atoms with van der Waals surface area (Å²) in [4.78, 5) is 29.3. The van der Waals surface area contributed by atoms with Crippen molar-refractivity contribution in [3.8, 4) is 10.4 Å². The van der Waals surface area contributed by atoms with Crippen molar-refractivity contribution in [3.63, 3.8) is 0 Å². The van der Waals surface area contributed by atoms with Crippen LogP contribution in [0.2, 0.25) is 0 Å². The molecule has 0 N–H and O–H groups in total. The Hall–Kier alpha value is -2.77. The number of thiophene rings is 1. The molecule has 1 saturated heterocycles. The average Bonchev–Trinajstić information content (AvgIpc) is 3.24. The van der Waals surface area contributed by atoms with Gasteiger partial charge in [0.15, 0.2) is 0 Å². The first-order chi connectivity index (χ1) is 15.0. The molecule has 0 radical (unpaired) electrons. The van der Waals surface area contributed by atoms with Crippen LogP contribution in [-0.4, -0.2) is 40.3 Å². The van der Waals surface area contributed by atoms with E-state index >= 15 is 0 Å². The molecule has 2 aliphatic rings. The van der Waals surface area contributed by atoms with Crippen molar-refractivity contribution in [1.82, 2.24) is 14.7 Å². The Morgan fingerprint density at radius 3 is 2.71 bits per heavy atom. The number of rotatable bonds is 3. The van der Waals surface area contributed by atoms with Gasteiger partial charge in [-0.05, 0) is 49.4 Å². The first-order valence-corrected chi connectivity index (χ1v) is 11.5. The van der Waals surface area contributed by atoms with Crippen molar-refractivity contribution in [1.29, 1.82) is 0 Å². The Kier molecular flexibility index (Phi) is 5.24. The minimum absolute atomic E-state index is 0.0171. The van der Waals surface area contributed by atoms with E-state index in [-0.39, 0.29) is 23.6 Å². The summed E-state index contributed by atoms with van der Waals surface area (Å²) in [5.41, 5.74) is 2.78. The van der Waals surface area contributed by atoms with Gasteiger partial charge in [0.1, 0.15) is 12.1 Å². The lowest BCUT2D eigenvalue weighted by molar-refractivity contribution is -0.141. The molecule has 3 aromatic rings. The molecule has 1 spiro atoms. The van der Waals surface area contributed by atoms with Gasteiger partial charge in [-0.1, -0.05) is 30.3 Å². The number of benzene rings is 1. The zero-order valence-corrected chi connectivity index (χ0v) is 18.4. The van der Waals surface area contributed by atoms with Gasteiger partial charge in [-0.3, -0.25) is 9.59 Å². The number of hydrogen-bond acceptors (Lipinski definition) is 5. The predicted octanol–water partition coefficient (Wildman–Crippen LogP) is 3.37. The van der Waals surface area contributed by atoms with Gasteiger partial charge in [0.25, 0.3) is 5.56 Å². The first-order valence-electron chi connectivity index (χ1n) is 10.7. The van der Waals surface area contributed by atoms with Gasteiger partial charge < -0.3 is 9.64 Å². The smallest absolute Gasteiger partial charge is 0.267 e. The van der Waals surface area contributed by atoms with Crippen LogP contribution in [-0.2, 0) is 28.1 Å². The normalized spacial score (nSPS) is 17.5. The third-order valence-electron chi connectivity index (χ3n) is 6.24.